The minimum Gasteiger partial charge on any atom is -0.508 e. The molecular weight excluding hydrogens is 270 g/mol. The molecule has 0 fully saturated rings. The van der Waals surface area contributed by atoms with Crippen molar-refractivity contribution < 1.29 is 15.0 Å². The van der Waals surface area contributed by atoms with Gasteiger partial charge in [0.05, 0.1) is 12.0 Å². The summed E-state index contributed by atoms with van der Waals surface area (Å²) in [6.07, 6.45) is 4.25. The van der Waals surface area contributed by atoms with Crippen molar-refractivity contribution in [2.24, 2.45) is 0 Å². The highest BCUT2D eigenvalue weighted by atomic mass is 16.3. The van der Waals surface area contributed by atoms with E-state index in [2.05, 4.69) is 15.3 Å². The summed E-state index contributed by atoms with van der Waals surface area (Å²) < 4.78 is 0. The van der Waals surface area contributed by atoms with Crippen molar-refractivity contribution in [1.29, 1.82) is 0 Å². The Hall–Kier alpha value is -2.34. The van der Waals surface area contributed by atoms with Gasteiger partial charge in [-0.05, 0) is 31.0 Å². The van der Waals surface area contributed by atoms with Crippen LogP contribution in [0.15, 0.2) is 36.8 Å². The molecule has 6 heteroatoms. The van der Waals surface area contributed by atoms with Crippen LogP contribution in [0.5, 0.6) is 5.75 Å². The maximum Gasteiger partial charge on any atom is 0.222 e. The lowest BCUT2D eigenvalue weighted by Crippen LogP contribution is -2.47. The Kier molecular flexibility index (Phi) is 4.59. The van der Waals surface area contributed by atoms with Crippen molar-refractivity contribution in [1.82, 2.24) is 15.3 Å². The predicted octanol–water partition coefficient (Wildman–Crippen LogP) is 1.12. The van der Waals surface area contributed by atoms with Gasteiger partial charge in [-0.1, -0.05) is 12.1 Å². The van der Waals surface area contributed by atoms with Crippen LogP contribution in [0.4, 0.5) is 0 Å². The Morgan fingerprint density at radius 3 is 2.71 bits per heavy atom. The van der Waals surface area contributed by atoms with Crippen LogP contribution in [0.2, 0.25) is 0 Å². The maximum absolute atomic E-state index is 11.9. The summed E-state index contributed by atoms with van der Waals surface area (Å²) in [5, 5.41) is 21.9. The second-order valence-electron chi connectivity index (χ2n) is 5.23. The van der Waals surface area contributed by atoms with E-state index in [4.69, 9.17) is 0 Å². The van der Waals surface area contributed by atoms with Crippen molar-refractivity contribution in [2.45, 2.75) is 31.9 Å². The molecule has 0 saturated heterocycles. The molecule has 0 aliphatic heterocycles. The Balaban J connectivity index is 1.81. The number of carbonyl (C=O) groups is 1. The van der Waals surface area contributed by atoms with Gasteiger partial charge >= 0.3 is 0 Å². The average Bonchev–Trinajstić information content (AvgIpc) is 2.89. The smallest absolute Gasteiger partial charge is 0.222 e. The third-order valence-electron chi connectivity index (χ3n) is 3.07. The van der Waals surface area contributed by atoms with Gasteiger partial charge in [-0.25, -0.2) is 4.98 Å². The summed E-state index contributed by atoms with van der Waals surface area (Å²) in [7, 11) is 0. The van der Waals surface area contributed by atoms with Crippen LogP contribution in [0.25, 0.3) is 0 Å². The molecule has 21 heavy (non-hydrogen) atoms. The third-order valence-corrected chi connectivity index (χ3v) is 3.07. The third kappa shape index (κ3) is 4.92. The van der Waals surface area contributed by atoms with Crippen molar-refractivity contribution in [3.05, 3.63) is 48.0 Å². The van der Waals surface area contributed by atoms with Gasteiger partial charge in [0.15, 0.2) is 0 Å². The number of phenols is 1. The molecular formula is C15H19N3O3. The number of hydrogen-bond acceptors (Lipinski definition) is 4. The first-order chi connectivity index (χ1) is 9.94. The molecule has 1 heterocycles. The molecule has 1 amide bonds. The first kappa shape index (κ1) is 15.1. The van der Waals surface area contributed by atoms with Gasteiger partial charge in [0.1, 0.15) is 11.5 Å². The quantitative estimate of drug-likeness (QED) is 0.599. The van der Waals surface area contributed by atoms with Crippen LogP contribution in [0.3, 0.4) is 0 Å². The standard InChI is InChI=1S/C15H19N3O3/c1-15(21,8-12-9-16-10-17-12)18-14(20)7-4-11-2-5-13(19)6-3-11/h2-3,5-6,9-10,19,21H,4,7-8H2,1H3,(H,16,17)(H,18,20). The number of carbonyl (C=O) groups excluding carboxylic acids is 1. The predicted molar refractivity (Wildman–Crippen MR) is 77.5 cm³/mol. The van der Waals surface area contributed by atoms with E-state index in [-0.39, 0.29) is 24.5 Å². The number of H-pyrrole nitrogens is 1. The molecule has 1 atom stereocenters. The molecule has 6 nitrogen and oxygen atoms in total. The number of benzene rings is 1. The second-order valence-corrected chi connectivity index (χ2v) is 5.23. The number of hydrogen-bond donors (Lipinski definition) is 4. The molecule has 0 bridgehead atoms. The number of rotatable bonds is 6. The first-order valence-electron chi connectivity index (χ1n) is 6.73. The lowest BCUT2D eigenvalue weighted by atomic mass is 10.1. The molecule has 0 aliphatic carbocycles. The largest absolute Gasteiger partial charge is 0.508 e. The topological polar surface area (TPSA) is 98.2 Å². The number of nitrogens with zero attached hydrogens (tertiary/aromatic N) is 1. The van der Waals surface area contributed by atoms with Crippen LogP contribution in [0, 0.1) is 0 Å². The van der Waals surface area contributed by atoms with Crippen molar-refractivity contribution in [3.63, 3.8) is 0 Å². The van der Waals surface area contributed by atoms with Gasteiger partial charge in [0.2, 0.25) is 5.91 Å². The summed E-state index contributed by atoms with van der Waals surface area (Å²) in [6.45, 7) is 1.54. The first-order valence-corrected chi connectivity index (χ1v) is 6.73. The number of imidazole rings is 1. The zero-order chi connectivity index (χ0) is 15.3. The van der Waals surface area contributed by atoms with E-state index in [0.717, 1.165) is 5.56 Å². The van der Waals surface area contributed by atoms with E-state index >= 15 is 0 Å². The highest BCUT2D eigenvalue weighted by molar-refractivity contribution is 5.76. The molecule has 4 N–H and O–H groups in total. The number of amides is 1. The molecule has 1 aromatic heterocycles. The summed E-state index contributed by atoms with van der Waals surface area (Å²) in [4.78, 5) is 18.7. The number of aromatic hydroxyl groups is 1. The number of aryl methyl sites for hydroxylation is 1. The van der Waals surface area contributed by atoms with Gasteiger partial charge < -0.3 is 20.5 Å². The maximum atomic E-state index is 11.9. The molecule has 2 aromatic rings. The molecule has 0 radical (unpaired) electrons. The van der Waals surface area contributed by atoms with Gasteiger partial charge in [-0.3, -0.25) is 4.79 Å². The van der Waals surface area contributed by atoms with Gasteiger partial charge in [0.25, 0.3) is 0 Å². The number of phenolic OH excluding ortho intramolecular Hbond substituents is 1. The Morgan fingerprint density at radius 1 is 1.38 bits per heavy atom. The molecule has 0 aliphatic rings. The summed E-state index contributed by atoms with van der Waals surface area (Å²) in [6, 6.07) is 6.71. The van der Waals surface area contributed by atoms with Gasteiger partial charge in [-0.2, -0.15) is 0 Å². The summed E-state index contributed by atoms with van der Waals surface area (Å²) in [5.74, 6) is -0.0336. The average molecular weight is 289 g/mol. The fourth-order valence-corrected chi connectivity index (χ4v) is 2.07. The SMILES string of the molecule is CC(O)(Cc1c[nH]cn1)NC(=O)CCc1ccc(O)cc1. The highest BCUT2D eigenvalue weighted by Gasteiger charge is 2.23. The van der Waals surface area contributed by atoms with E-state index in [1.807, 2.05) is 0 Å². The normalized spacial score (nSPS) is 13.6. The zero-order valence-electron chi connectivity index (χ0n) is 11.8. The molecule has 0 saturated carbocycles. The number of nitrogens with one attached hydrogen (secondary N) is 2. The molecule has 112 valence electrons. The fourth-order valence-electron chi connectivity index (χ4n) is 2.07. The van der Waals surface area contributed by atoms with Gasteiger partial charge in [0, 0.05) is 19.0 Å². The van der Waals surface area contributed by atoms with E-state index in [0.29, 0.717) is 12.1 Å². The molecule has 0 spiro atoms. The second kappa shape index (κ2) is 6.41. The molecule has 2 rings (SSSR count). The minimum absolute atomic E-state index is 0.199. The lowest BCUT2D eigenvalue weighted by molar-refractivity contribution is -0.127. The Bertz CT molecular complexity index is 577. The number of aromatic amines is 1. The van der Waals surface area contributed by atoms with E-state index in [9.17, 15) is 15.0 Å². The van der Waals surface area contributed by atoms with Crippen LogP contribution >= 0.6 is 0 Å². The van der Waals surface area contributed by atoms with E-state index < -0.39 is 5.72 Å². The van der Waals surface area contributed by atoms with Crippen molar-refractivity contribution >= 4 is 5.91 Å². The summed E-state index contributed by atoms with van der Waals surface area (Å²) >= 11 is 0. The van der Waals surface area contributed by atoms with Gasteiger partial charge in [-0.15, -0.1) is 0 Å². The lowest BCUT2D eigenvalue weighted by Gasteiger charge is -2.24. The van der Waals surface area contributed by atoms with Crippen LogP contribution in [0.1, 0.15) is 24.6 Å². The van der Waals surface area contributed by atoms with Crippen LogP contribution < -0.4 is 5.32 Å². The minimum atomic E-state index is -1.33. The number of aliphatic hydroxyl groups is 1. The van der Waals surface area contributed by atoms with Crippen LogP contribution in [-0.2, 0) is 17.6 Å². The van der Waals surface area contributed by atoms with Crippen molar-refractivity contribution in [2.75, 3.05) is 0 Å². The zero-order valence-corrected chi connectivity index (χ0v) is 11.8. The highest BCUT2D eigenvalue weighted by Crippen LogP contribution is 2.12. The van der Waals surface area contributed by atoms with Crippen molar-refractivity contribution in [3.8, 4) is 5.75 Å². The Labute approximate surface area is 122 Å². The van der Waals surface area contributed by atoms with E-state index in [1.54, 1.807) is 37.4 Å². The molecule has 1 unspecified atom stereocenters. The molecule has 1 aromatic carbocycles. The monoisotopic (exact) mass is 289 g/mol. The fraction of sp³-hybridized carbons (Fsp3) is 0.333. The summed E-state index contributed by atoms with van der Waals surface area (Å²) in [5.41, 5.74) is 0.301. The number of aromatic nitrogens is 2. The van der Waals surface area contributed by atoms with Crippen LogP contribution in [-0.4, -0.2) is 31.8 Å². The van der Waals surface area contributed by atoms with E-state index in [1.165, 1.54) is 6.33 Å². The Morgan fingerprint density at radius 2 is 2.10 bits per heavy atom.